The predicted molar refractivity (Wildman–Crippen MR) is 151 cm³/mol. The fourth-order valence-electron chi connectivity index (χ4n) is 4.93. The zero-order valence-electron chi connectivity index (χ0n) is 23.3. The minimum Gasteiger partial charge on any atom is -0.480 e. The van der Waals surface area contributed by atoms with E-state index in [0.717, 1.165) is 18.2 Å². The molecule has 2 aromatic heterocycles. The van der Waals surface area contributed by atoms with E-state index in [0.29, 0.717) is 31.5 Å². The lowest BCUT2D eigenvalue weighted by Gasteiger charge is -2.15. The third kappa shape index (κ3) is 5.59. The predicted octanol–water partition coefficient (Wildman–Crippen LogP) is 3.76. The number of carbonyl (C=O) groups is 2. The van der Waals surface area contributed by atoms with Crippen molar-refractivity contribution in [2.75, 3.05) is 24.9 Å². The number of amides is 2. The number of ether oxygens (including phenoxy) is 1. The second-order valence-electron chi connectivity index (χ2n) is 9.94. The van der Waals surface area contributed by atoms with Crippen molar-refractivity contribution in [1.29, 1.82) is 0 Å². The minimum atomic E-state index is -4.47. The number of halogens is 3. The Kier molecular flexibility index (Phi) is 8.01. The molecule has 1 atom stereocenters. The van der Waals surface area contributed by atoms with Crippen molar-refractivity contribution in [1.82, 2.24) is 25.4 Å². The van der Waals surface area contributed by atoms with E-state index >= 15 is 8.78 Å². The highest BCUT2D eigenvalue weighted by Crippen LogP contribution is 2.36. The first-order valence-corrected chi connectivity index (χ1v) is 14.7. The fourth-order valence-corrected chi connectivity index (χ4v) is 6.16. The number of rotatable bonds is 8. The molecule has 3 N–H and O–H groups in total. The van der Waals surface area contributed by atoms with Crippen LogP contribution in [0.4, 0.5) is 18.9 Å². The molecular formula is C28H27F3N6O5S. The van der Waals surface area contributed by atoms with Crippen LogP contribution in [-0.4, -0.2) is 66.6 Å². The van der Waals surface area contributed by atoms with Gasteiger partial charge in [-0.3, -0.25) is 19.4 Å². The average Bonchev–Trinajstić information content (AvgIpc) is 3.63. The summed E-state index contributed by atoms with van der Waals surface area (Å²) in [5.74, 6) is -4.58. The Morgan fingerprint density at radius 3 is 2.60 bits per heavy atom. The number of aryl methyl sites for hydroxylation is 1. The number of hydrogen-bond donors (Lipinski definition) is 3. The number of methoxy groups -OCH3 is 1. The summed E-state index contributed by atoms with van der Waals surface area (Å²) >= 11 is 0. The van der Waals surface area contributed by atoms with Crippen LogP contribution in [0.3, 0.4) is 0 Å². The summed E-state index contributed by atoms with van der Waals surface area (Å²) < 4.78 is 79.9. The molecule has 0 saturated carbocycles. The quantitative estimate of drug-likeness (QED) is 0.273. The van der Waals surface area contributed by atoms with Crippen molar-refractivity contribution in [3.63, 3.8) is 0 Å². The fraction of sp³-hybridized carbons (Fsp3) is 0.286. The van der Waals surface area contributed by atoms with E-state index in [9.17, 15) is 22.4 Å². The van der Waals surface area contributed by atoms with Gasteiger partial charge < -0.3 is 15.0 Å². The molecule has 2 aromatic carbocycles. The van der Waals surface area contributed by atoms with Crippen LogP contribution in [0.25, 0.3) is 22.0 Å². The van der Waals surface area contributed by atoms with Gasteiger partial charge in [0.2, 0.25) is 11.8 Å². The Bertz CT molecular complexity index is 1860. The summed E-state index contributed by atoms with van der Waals surface area (Å²) in [6.45, 7) is 4.04. The summed E-state index contributed by atoms with van der Waals surface area (Å²) in [5, 5.41) is 9.14. The van der Waals surface area contributed by atoms with Gasteiger partial charge >= 0.3 is 0 Å². The monoisotopic (exact) mass is 616 g/mol. The van der Waals surface area contributed by atoms with Crippen molar-refractivity contribution in [2.24, 2.45) is 0 Å². The minimum absolute atomic E-state index is 0.0632. The molecule has 43 heavy (non-hydrogen) atoms. The van der Waals surface area contributed by atoms with Gasteiger partial charge in [0.05, 0.1) is 18.4 Å². The van der Waals surface area contributed by atoms with E-state index in [1.54, 1.807) is 11.8 Å². The first kappa shape index (κ1) is 29.8. The van der Waals surface area contributed by atoms with Crippen LogP contribution in [0.2, 0.25) is 0 Å². The van der Waals surface area contributed by atoms with E-state index in [4.69, 9.17) is 4.74 Å². The first-order chi connectivity index (χ1) is 20.4. The van der Waals surface area contributed by atoms with Crippen LogP contribution in [0, 0.1) is 17.5 Å². The Hall–Kier alpha value is -4.66. The SMILES string of the molecule is CCc1cnc(OC)c(S(=O)(=O)Nc2ccc(F)c(-c3ccc4c(C(=O)NC5CCN(C(C)=O)C5)n[nH]c4c3F)c2F)c1. The van der Waals surface area contributed by atoms with E-state index in [2.05, 4.69) is 25.2 Å². The highest BCUT2D eigenvalue weighted by atomic mass is 32.2. The summed E-state index contributed by atoms with van der Waals surface area (Å²) in [4.78, 5) is 29.7. The van der Waals surface area contributed by atoms with Crippen LogP contribution in [0.1, 0.15) is 36.3 Å². The Morgan fingerprint density at radius 1 is 1.16 bits per heavy atom. The Morgan fingerprint density at radius 2 is 1.93 bits per heavy atom. The molecular weight excluding hydrogens is 589 g/mol. The number of fused-ring (bicyclic) bond motifs is 1. The van der Waals surface area contributed by atoms with Crippen molar-refractivity contribution in [2.45, 2.75) is 37.6 Å². The molecule has 2 amide bonds. The lowest BCUT2D eigenvalue weighted by atomic mass is 10.0. The molecule has 1 unspecified atom stereocenters. The number of likely N-dealkylation sites (tertiary alicyclic amines) is 1. The molecule has 11 nitrogen and oxygen atoms in total. The van der Waals surface area contributed by atoms with Crippen LogP contribution in [-0.2, 0) is 21.2 Å². The number of pyridine rings is 1. The van der Waals surface area contributed by atoms with Crippen molar-refractivity contribution in [3.8, 4) is 17.0 Å². The molecule has 0 bridgehead atoms. The summed E-state index contributed by atoms with van der Waals surface area (Å²) in [7, 11) is -3.24. The largest absolute Gasteiger partial charge is 0.480 e. The zero-order valence-corrected chi connectivity index (χ0v) is 24.1. The van der Waals surface area contributed by atoms with E-state index in [1.165, 1.54) is 32.4 Å². The molecule has 0 radical (unpaired) electrons. The number of H-pyrrole nitrogens is 1. The Labute approximate surface area is 244 Å². The van der Waals surface area contributed by atoms with Gasteiger partial charge in [-0.2, -0.15) is 5.10 Å². The van der Waals surface area contributed by atoms with Gasteiger partial charge in [-0.25, -0.2) is 26.6 Å². The number of hydrogen-bond acceptors (Lipinski definition) is 7. The maximum absolute atomic E-state index is 15.7. The smallest absolute Gasteiger partial charge is 0.272 e. The molecule has 3 heterocycles. The molecule has 1 aliphatic rings. The first-order valence-electron chi connectivity index (χ1n) is 13.2. The highest BCUT2D eigenvalue weighted by Gasteiger charge is 2.29. The molecule has 0 aliphatic carbocycles. The van der Waals surface area contributed by atoms with E-state index in [1.807, 2.05) is 0 Å². The standard InChI is InChI=1S/C28H27F3N6O5S/c1-4-15-11-21(28(42-3)32-12-15)43(40,41)36-20-8-7-19(29)22(24(20)31)17-5-6-18-25(23(17)30)34-35-26(18)27(39)33-16-9-10-37(13-16)14(2)38/h5-8,11-12,16,36H,4,9-10,13H2,1-3H3,(H,33,39)(H,34,35). The molecule has 15 heteroatoms. The van der Waals surface area contributed by atoms with Crippen LogP contribution in [0.15, 0.2) is 41.4 Å². The van der Waals surface area contributed by atoms with Crippen molar-refractivity contribution >= 4 is 38.4 Å². The van der Waals surface area contributed by atoms with Gasteiger partial charge in [0.25, 0.3) is 15.9 Å². The number of carbonyl (C=O) groups excluding carboxylic acids is 2. The average molecular weight is 617 g/mol. The van der Waals surface area contributed by atoms with Crippen molar-refractivity contribution in [3.05, 3.63) is 65.2 Å². The van der Waals surface area contributed by atoms with Crippen LogP contribution in [0.5, 0.6) is 5.88 Å². The van der Waals surface area contributed by atoms with Gasteiger partial charge in [0.15, 0.2) is 17.3 Å². The molecule has 1 saturated heterocycles. The van der Waals surface area contributed by atoms with Crippen LogP contribution < -0.4 is 14.8 Å². The van der Waals surface area contributed by atoms with Gasteiger partial charge in [-0.05, 0) is 42.7 Å². The van der Waals surface area contributed by atoms with Gasteiger partial charge in [-0.15, -0.1) is 0 Å². The lowest BCUT2D eigenvalue weighted by molar-refractivity contribution is -0.127. The number of nitrogens with one attached hydrogen (secondary N) is 3. The number of aromatic amines is 1. The van der Waals surface area contributed by atoms with Crippen molar-refractivity contribution < 1.29 is 35.9 Å². The van der Waals surface area contributed by atoms with Gasteiger partial charge in [0, 0.05) is 43.2 Å². The highest BCUT2D eigenvalue weighted by molar-refractivity contribution is 7.92. The maximum Gasteiger partial charge on any atom is 0.272 e. The number of anilines is 1. The number of benzene rings is 2. The summed E-state index contributed by atoms with van der Waals surface area (Å²) in [5.41, 5.74) is -1.84. The van der Waals surface area contributed by atoms with Crippen LogP contribution >= 0.6 is 0 Å². The lowest BCUT2D eigenvalue weighted by Crippen LogP contribution is -2.38. The zero-order chi connectivity index (χ0) is 31.1. The molecule has 5 rings (SSSR count). The Balaban J connectivity index is 1.47. The number of aromatic nitrogens is 3. The second-order valence-corrected chi connectivity index (χ2v) is 11.6. The topological polar surface area (TPSA) is 146 Å². The normalized spacial score (nSPS) is 15.1. The molecule has 4 aromatic rings. The number of sulfonamides is 1. The molecule has 226 valence electrons. The molecule has 1 fully saturated rings. The summed E-state index contributed by atoms with van der Waals surface area (Å²) in [6, 6.07) is 5.04. The molecule has 0 spiro atoms. The summed E-state index contributed by atoms with van der Waals surface area (Å²) in [6.07, 6.45) is 2.44. The third-order valence-electron chi connectivity index (χ3n) is 7.23. The maximum atomic E-state index is 15.7. The van der Waals surface area contributed by atoms with E-state index < -0.39 is 50.2 Å². The van der Waals surface area contributed by atoms with E-state index in [-0.39, 0.29) is 39.3 Å². The molecule has 1 aliphatic heterocycles. The van der Waals surface area contributed by atoms with Gasteiger partial charge in [-0.1, -0.05) is 13.0 Å². The van der Waals surface area contributed by atoms with Gasteiger partial charge in [0.1, 0.15) is 16.2 Å². The second kappa shape index (κ2) is 11.6. The third-order valence-corrected chi connectivity index (χ3v) is 8.59. The number of nitrogens with zero attached hydrogens (tertiary/aromatic N) is 3.